The Bertz CT molecular complexity index is 426. The lowest BCUT2D eigenvalue weighted by Gasteiger charge is -2.37. The third kappa shape index (κ3) is 3.78. The highest BCUT2D eigenvalue weighted by Crippen LogP contribution is 2.20. The summed E-state index contributed by atoms with van der Waals surface area (Å²) in [5, 5.41) is 7.57. The normalized spacial score (nSPS) is 23.7. The Morgan fingerprint density at radius 1 is 1.47 bits per heavy atom. The van der Waals surface area contributed by atoms with Crippen LogP contribution in [-0.2, 0) is 17.8 Å². The highest BCUT2D eigenvalue weighted by Gasteiger charge is 2.27. The number of hydrogen-bond acceptors (Lipinski definition) is 5. The summed E-state index contributed by atoms with van der Waals surface area (Å²) >= 11 is 0. The van der Waals surface area contributed by atoms with Crippen molar-refractivity contribution in [2.24, 2.45) is 0 Å². The van der Waals surface area contributed by atoms with Crippen molar-refractivity contribution in [1.29, 1.82) is 0 Å². The van der Waals surface area contributed by atoms with Crippen molar-refractivity contribution in [2.75, 3.05) is 19.7 Å². The summed E-state index contributed by atoms with van der Waals surface area (Å²) in [7, 11) is 0. The molecule has 19 heavy (non-hydrogen) atoms. The average molecular weight is 265 g/mol. The van der Waals surface area contributed by atoms with Gasteiger partial charge in [-0.05, 0) is 26.7 Å². The van der Waals surface area contributed by atoms with Crippen LogP contribution in [0.1, 0.15) is 38.1 Å². The first-order valence-electron chi connectivity index (χ1n) is 7.15. The molecule has 0 bridgehead atoms. The van der Waals surface area contributed by atoms with Crippen LogP contribution < -0.4 is 5.32 Å². The van der Waals surface area contributed by atoms with E-state index in [1.807, 2.05) is 0 Å². The fourth-order valence-corrected chi connectivity index (χ4v) is 2.52. The lowest BCUT2D eigenvalue weighted by atomic mass is 10.1. The summed E-state index contributed by atoms with van der Waals surface area (Å²) in [6.07, 6.45) is 2.60. The van der Waals surface area contributed by atoms with E-state index in [4.69, 9.17) is 9.26 Å². The van der Waals surface area contributed by atoms with E-state index in [0.717, 1.165) is 44.2 Å². The van der Waals surface area contributed by atoms with Gasteiger partial charge in [-0.15, -0.1) is 0 Å². The van der Waals surface area contributed by atoms with Gasteiger partial charge in [0.15, 0.2) is 5.76 Å². The van der Waals surface area contributed by atoms with E-state index in [9.17, 15) is 0 Å². The van der Waals surface area contributed by atoms with Crippen molar-refractivity contribution in [2.45, 2.75) is 51.4 Å². The second-order valence-electron chi connectivity index (χ2n) is 6.26. The van der Waals surface area contributed by atoms with Crippen molar-refractivity contribution < 1.29 is 9.26 Å². The summed E-state index contributed by atoms with van der Waals surface area (Å²) in [4.78, 5) is 2.36. The second-order valence-corrected chi connectivity index (χ2v) is 6.26. The zero-order valence-corrected chi connectivity index (χ0v) is 11.8. The van der Waals surface area contributed by atoms with E-state index in [1.54, 1.807) is 0 Å². The number of hydrogen-bond donors (Lipinski definition) is 1. The van der Waals surface area contributed by atoms with Gasteiger partial charge >= 0.3 is 0 Å². The Hall–Kier alpha value is -0.910. The molecule has 2 heterocycles. The summed E-state index contributed by atoms with van der Waals surface area (Å²) in [6.45, 7) is 8.58. The molecular weight excluding hydrogens is 242 g/mol. The Morgan fingerprint density at radius 3 is 3.05 bits per heavy atom. The van der Waals surface area contributed by atoms with Gasteiger partial charge in [-0.25, -0.2) is 0 Å². The first-order chi connectivity index (χ1) is 9.11. The maximum Gasteiger partial charge on any atom is 0.151 e. The fourth-order valence-electron chi connectivity index (χ4n) is 2.52. The standard InChI is InChI=1S/C14H23N3O2/c1-14(2)10-17(5-6-18-14)9-13-7-12(16-19-13)8-15-11-3-4-11/h7,11,15H,3-6,8-10H2,1-2H3. The third-order valence-corrected chi connectivity index (χ3v) is 3.64. The molecule has 0 unspecified atom stereocenters. The molecule has 1 aliphatic carbocycles. The van der Waals surface area contributed by atoms with E-state index in [0.29, 0.717) is 6.04 Å². The van der Waals surface area contributed by atoms with E-state index in [1.165, 1.54) is 12.8 Å². The predicted molar refractivity (Wildman–Crippen MR) is 71.7 cm³/mol. The van der Waals surface area contributed by atoms with Gasteiger partial charge in [-0.1, -0.05) is 5.16 Å². The maximum atomic E-state index is 5.71. The monoisotopic (exact) mass is 265 g/mol. The molecule has 5 heteroatoms. The summed E-state index contributed by atoms with van der Waals surface area (Å²) < 4.78 is 11.1. The van der Waals surface area contributed by atoms with Crippen molar-refractivity contribution in [3.8, 4) is 0 Å². The lowest BCUT2D eigenvalue weighted by molar-refractivity contribution is -0.0896. The van der Waals surface area contributed by atoms with E-state index >= 15 is 0 Å². The van der Waals surface area contributed by atoms with Crippen LogP contribution in [0.3, 0.4) is 0 Å². The van der Waals surface area contributed by atoms with Crippen LogP contribution in [0.15, 0.2) is 10.6 Å². The van der Waals surface area contributed by atoms with Gasteiger partial charge < -0.3 is 14.6 Å². The van der Waals surface area contributed by atoms with Gasteiger partial charge in [0.05, 0.1) is 24.4 Å². The second kappa shape index (κ2) is 5.23. The Kier molecular flexibility index (Phi) is 3.60. The van der Waals surface area contributed by atoms with Crippen LogP contribution in [0.2, 0.25) is 0 Å². The molecule has 3 rings (SSSR count). The van der Waals surface area contributed by atoms with Crippen LogP contribution >= 0.6 is 0 Å². The Morgan fingerprint density at radius 2 is 2.32 bits per heavy atom. The third-order valence-electron chi connectivity index (χ3n) is 3.64. The fraction of sp³-hybridized carbons (Fsp3) is 0.786. The molecule has 1 aromatic rings. The smallest absolute Gasteiger partial charge is 0.151 e. The summed E-state index contributed by atoms with van der Waals surface area (Å²) in [6, 6.07) is 2.78. The average Bonchev–Trinajstić information content (AvgIpc) is 3.06. The zero-order chi connectivity index (χ0) is 13.3. The number of nitrogens with zero attached hydrogens (tertiary/aromatic N) is 2. The molecule has 1 aromatic heterocycles. The van der Waals surface area contributed by atoms with Gasteiger partial charge in [0.25, 0.3) is 0 Å². The van der Waals surface area contributed by atoms with Gasteiger partial charge in [0.2, 0.25) is 0 Å². The van der Waals surface area contributed by atoms with Crippen LogP contribution in [0.4, 0.5) is 0 Å². The molecule has 106 valence electrons. The van der Waals surface area contributed by atoms with Crippen molar-refractivity contribution in [1.82, 2.24) is 15.4 Å². The molecule has 0 radical (unpaired) electrons. The van der Waals surface area contributed by atoms with Crippen LogP contribution in [0.5, 0.6) is 0 Å². The highest BCUT2D eigenvalue weighted by atomic mass is 16.5. The molecule has 1 N–H and O–H groups in total. The minimum absolute atomic E-state index is 0.0609. The summed E-state index contributed by atoms with van der Waals surface area (Å²) in [5.74, 6) is 0.949. The SMILES string of the molecule is CC1(C)CN(Cc2cc(CNC3CC3)no2)CCO1. The lowest BCUT2D eigenvalue weighted by Crippen LogP contribution is -2.47. The maximum absolute atomic E-state index is 5.71. The van der Waals surface area contributed by atoms with Crippen molar-refractivity contribution in [3.63, 3.8) is 0 Å². The molecule has 2 fully saturated rings. The molecule has 0 spiro atoms. The molecule has 0 amide bonds. The van der Waals surface area contributed by atoms with E-state index in [2.05, 4.69) is 35.3 Å². The quantitative estimate of drug-likeness (QED) is 0.875. The number of aromatic nitrogens is 1. The number of rotatable bonds is 5. The molecule has 2 aliphatic rings. The van der Waals surface area contributed by atoms with Gasteiger partial charge in [0.1, 0.15) is 0 Å². The van der Waals surface area contributed by atoms with Crippen molar-refractivity contribution in [3.05, 3.63) is 17.5 Å². The molecule has 5 nitrogen and oxygen atoms in total. The highest BCUT2D eigenvalue weighted by molar-refractivity contribution is 5.06. The van der Waals surface area contributed by atoms with Crippen LogP contribution in [0, 0.1) is 0 Å². The molecular formula is C14H23N3O2. The number of nitrogens with one attached hydrogen (secondary N) is 1. The first-order valence-corrected chi connectivity index (χ1v) is 7.15. The van der Waals surface area contributed by atoms with Crippen molar-refractivity contribution >= 4 is 0 Å². The minimum atomic E-state index is -0.0609. The van der Waals surface area contributed by atoms with Gasteiger partial charge in [-0.2, -0.15) is 0 Å². The molecule has 1 saturated carbocycles. The zero-order valence-electron chi connectivity index (χ0n) is 11.8. The van der Waals surface area contributed by atoms with E-state index in [-0.39, 0.29) is 5.60 Å². The molecule has 0 atom stereocenters. The van der Waals surface area contributed by atoms with E-state index < -0.39 is 0 Å². The topological polar surface area (TPSA) is 50.5 Å². The predicted octanol–water partition coefficient (Wildman–Crippen LogP) is 1.54. The first kappa shape index (κ1) is 13.1. The molecule has 0 aromatic carbocycles. The number of ether oxygens (including phenoxy) is 1. The Labute approximate surface area is 114 Å². The largest absolute Gasteiger partial charge is 0.373 e. The molecule has 1 saturated heterocycles. The van der Waals surface area contributed by atoms with Gasteiger partial charge in [0, 0.05) is 31.7 Å². The van der Waals surface area contributed by atoms with Crippen LogP contribution in [0.25, 0.3) is 0 Å². The molecule has 1 aliphatic heterocycles. The van der Waals surface area contributed by atoms with Crippen LogP contribution in [-0.4, -0.2) is 41.4 Å². The van der Waals surface area contributed by atoms with Gasteiger partial charge in [-0.3, -0.25) is 4.90 Å². The number of morpholine rings is 1. The summed E-state index contributed by atoms with van der Waals surface area (Å²) in [5.41, 5.74) is 0.948. The Balaban J connectivity index is 1.51. The minimum Gasteiger partial charge on any atom is -0.373 e.